The summed E-state index contributed by atoms with van der Waals surface area (Å²) in [7, 11) is 3.78. The van der Waals surface area contributed by atoms with Gasteiger partial charge in [-0.15, -0.1) is 0 Å². The zero-order valence-corrected chi connectivity index (χ0v) is 12.9. The summed E-state index contributed by atoms with van der Waals surface area (Å²) in [6, 6.07) is -0.758. The van der Waals surface area contributed by atoms with E-state index in [1.807, 2.05) is 13.8 Å². The topological polar surface area (TPSA) is 72.9 Å². The molecule has 0 aromatic carbocycles. The van der Waals surface area contributed by atoms with E-state index >= 15 is 0 Å². The maximum atomic E-state index is 12.1. The van der Waals surface area contributed by atoms with Crippen molar-refractivity contribution in [3.8, 4) is 0 Å². The molecule has 1 heterocycles. The molecule has 1 rings (SSSR count). The van der Waals surface area contributed by atoms with E-state index < -0.39 is 12.0 Å². The molecule has 3 atom stereocenters. The number of amides is 2. The Morgan fingerprint density at radius 3 is 2.60 bits per heavy atom. The summed E-state index contributed by atoms with van der Waals surface area (Å²) in [5.41, 5.74) is 0. The van der Waals surface area contributed by atoms with E-state index in [4.69, 9.17) is 0 Å². The van der Waals surface area contributed by atoms with Gasteiger partial charge in [-0.2, -0.15) is 0 Å². The Hall–Kier alpha value is -1.30. The predicted octanol–water partition coefficient (Wildman–Crippen LogP) is 1.22. The highest BCUT2D eigenvalue weighted by Crippen LogP contribution is 2.15. The molecule has 2 unspecified atom stereocenters. The zero-order valence-electron chi connectivity index (χ0n) is 12.9. The van der Waals surface area contributed by atoms with Crippen LogP contribution in [0.3, 0.4) is 0 Å². The molecule has 1 saturated heterocycles. The van der Waals surface area contributed by atoms with Crippen LogP contribution in [0, 0.1) is 5.92 Å². The van der Waals surface area contributed by atoms with Gasteiger partial charge in [0.15, 0.2) is 0 Å². The van der Waals surface area contributed by atoms with E-state index in [2.05, 4.69) is 17.3 Å². The predicted molar refractivity (Wildman–Crippen MR) is 77.7 cm³/mol. The number of carbonyl (C=O) groups excluding carboxylic acids is 1. The normalized spacial score (nSPS) is 22.3. The molecule has 0 saturated carbocycles. The largest absolute Gasteiger partial charge is 0.480 e. The number of nitrogens with zero attached hydrogens (tertiary/aromatic N) is 2. The van der Waals surface area contributed by atoms with E-state index in [1.165, 1.54) is 0 Å². The highest BCUT2D eigenvalue weighted by atomic mass is 16.4. The van der Waals surface area contributed by atoms with Crippen LogP contribution in [0.5, 0.6) is 0 Å². The van der Waals surface area contributed by atoms with Crippen molar-refractivity contribution in [1.29, 1.82) is 0 Å². The molecule has 1 aliphatic heterocycles. The van der Waals surface area contributed by atoms with Crippen molar-refractivity contribution in [2.45, 2.75) is 45.2 Å². The lowest BCUT2D eigenvalue weighted by molar-refractivity contribution is -0.140. The molecule has 0 spiro atoms. The number of carboxylic acids is 1. The highest BCUT2D eigenvalue weighted by Gasteiger charge is 2.28. The van der Waals surface area contributed by atoms with Gasteiger partial charge in [-0.3, -0.25) is 0 Å². The maximum absolute atomic E-state index is 12.1. The number of carboxylic acid groups (broad SMARTS) is 1. The first-order chi connectivity index (χ1) is 9.36. The fourth-order valence-electron chi connectivity index (χ4n) is 2.54. The lowest BCUT2D eigenvalue weighted by Gasteiger charge is -2.28. The van der Waals surface area contributed by atoms with Gasteiger partial charge in [0.25, 0.3) is 0 Å². The summed E-state index contributed by atoms with van der Waals surface area (Å²) in [5, 5.41) is 11.8. The quantitative estimate of drug-likeness (QED) is 0.769. The van der Waals surface area contributed by atoms with Crippen molar-refractivity contribution in [3.05, 3.63) is 0 Å². The van der Waals surface area contributed by atoms with Gasteiger partial charge in [-0.05, 0) is 32.4 Å². The highest BCUT2D eigenvalue weighted by molar-refractivity contribution is 5.82. The number of urea groups is 1. The fraction of sp³-hybridized carbons (Fsp3) is 0.857. The summed E-state index contributed by atoms with van der Waals surface area (Å²) < 4.78 is 0. The van der Waals surface area contributed by atoms with Crippen LogP contribution < -0.4 is 5.32 Å². The number of carbonyl (C=O) groups is 2. The molecule has 0 aromatic rings. The van der Waals surface area contributed by atoms with Crippen molar-refractivity contribution >= 4 is 12.0 Å². The lowest BCUT2D eigenvalue weighted by atomic mass is 9.99. The van der Waals surface area contributed by atoms with Gasteiger partial charge >= 0.3 is 12.0 Å². The van der Waals surface area contributed by atoms with Gasteiger partial charge in [-0.25, -0.2) is 9.59 Å². The number of aliphatic carboxylic acids is 1. The van der Waals surface area contributed by atoms with E-state index in [1.54, 1.807) is 11.9 Å². The van der Waals surface area contributed by atoms with Gasteiger partial charge < -0.3 is 20.2 Å². The standard InChI is InChI=1S/C14H27N3O3/c1-5-10(2)12(13(18)19)15-14(20)17(4)9-11-7-6-8-16(11)3/h10-12H,5-9H2,1-4H3,(H,15,20)(H,18,19)/t10?,11?,12-/m0/s1. The molecule has 0 aromatic heterocycles. The summed E-state index contributed by atoms with van der Waals surface area (Å²) >= 11 is 0. The van der Waals surface area contributed by atoms with Gasteiger partial charge in [0.1, 0.15) is 6.04 Å². The Labute approximate surface area is 121 Å². The SMILES string of the molecule is CCC(C)[C@H](NC(=O)N(C)CC1CCCN1C)C(=O)O. The van der Waals surface area contributed by atoms with Crippen LogP contribution in [-0.2, 0) is 4.79 Å². The second kappa shape index (κ2) is 7.47. The van der Waals surface area contributed by atoms with Gasteiger partial charge in [0.05, 0.1) is 0 Å². The third-order valence-corrected chi connectivity index (χ3v) is 4.26. The van der Waals surface area contributed by atoms with Crippen LogP contribution in [-0.4, -0.2) is 66.2 Å². The van der Waals surface area contributed by atoms with Crippen LogP contribution >= 0.6 is 0 Å². The van der Waals surface area contributed by atoms with E-state index in [9.17, 15) is 14.7 Å². The number of likely N-dealkylation sites (N-methyl/N-ethyl adjacent to an activating group) is 2. The van der Waals surface area contributed by atoms with E-state index in [0.717, 1.165) is 19.4 Å². The first kappa shape index (κ1) is 16.8. The van der Waals surface area contributed by atoms with Crippen molar-refractivity contribution in [1.82, 2.24) is 15.1 Å². The third kappa shape index (κ3) is 4.37. The maximum Gasteiger partial charge on any atom is 0.326 e. The number of likely N-dealkylation sites (tertiary alicyclic amines) is 1. The summed E-state index contributed by atoms with van der Waals surface area (Å²) in [6.45, 7) is 5.45. The Morgan fingerprint density at radius 2 is 2.15 bits per heavy atom. The average Bonchev–Trinajstić information content (AvgIpc) is 2.79. The molecule has 0 aliphatic carbocycles. The monoisotopic (exact) mass is 285 g/mol. The summed E-state index contributed by atoms with van der Waals surface area (Å²) in [4.78, 5) is 27.1. The molecule has 0 bridgehead atoms. The summed E-state index contributed by atoms with van der Waals surface area (Å²) in [5.74, 6) is -1.06. The second-order valence-electron chi connectivity index (χ2n) is 5.81. The Kier molecular flexibility index (Phi) is 6.26. The molecular weight excluding hydrogens is 258 g/mol. The van der Waals surface area contributed by atoms with Crippen molar-refractivity contribution in [3.63, 3.8) is 0 Å². The molecule has 1 aliphatic rings. The minimum absolute atomic E-state index is 0.0843. The number of hydrogen-bond acceptors (Lipinski definition) is 3. The molecule has 6 nitrogen and oxygen atoms in total. The Balaban J connectivity index is 2.53. The van der Waals surface area contributed by atoms with Crippen LogP contribution in [0.25, 0.3) is 0 Å². The molecule has 6 heteroatoms. The van der Waals surface area contributed by atoms with Crippen molar-refractivity contribution in [2.24, 2.45) is 5.92 Å². The first-order valence-corrected chi connectivity index (χ1v) is 7.31. The summed E-state index contributed by atoms with van der Waals surface area (Å²) in [6.07, 6.45) is 2.95. The third-order valence-electron chi connectivity index (χ3n) is 4.26. The number of nitrogens with one attached hydrogen (secondary N) is 1. The fourth-order valence-corrected chi connectivity index (χ4v) is 2.54. The van der Waals surface area contributed by atoms with Crippen molar-refractivity contribution in [2.75, 3.05) is 27.2 Å². The van der Waals surface area contributed by atoms with Crippen molar-refractivity contribution < 1.29 is 14.7 Å². The molecule has 2 amide bonds. The van der Waals surface area contributed by atoms with Crippen LogP contribution in [0.2, 0.25) is 0 Å². The Morgan fingerprint density at radius 1 is 1.50 bits per heavy atom. The lowest BCUT2D eigenvalue weighted by Crippen LogP contribution is -2.51. The van der Waals surface area contributed by atoms with E-state index in [0.29, 0.717) is 19.0 Å². The smallest absolute Gasteiger partial charge is 0.326 e. The molecular formula is C14H27N3O3. The first-order valence-electron chi connectivity index (χ1n) is 7.31. The van der Waals surface area contributed by atoms with Crippen LogP contribution in [0.4, 0.5) is 4.79 Å². The van der Waals surface area contributed by atoms with E-state index in [-0.39, 0.29) is 11.9 Å². The molecule has 20 heavy (non-hydrogen) atoms. The van der Waals surface area contributed by atoms with Crippen LogP contribution in [0.15, 0.2) is 0 Å². The number of rotatable bonds is 6. The van der Waals surface area contributed by atoms with Gasteiger partial charge in [0, 0.05) is 19.6 Å². The van der Waals surface area contributed by atoms with Gasteiger partial charge in [0.2, 0.25) is 0 Å². The molecule has 116 valence electrons. The number of hydrogen-bond donors (Lipinski definition) is 2. The zero-order chi connectivity index (χ0) is 15.3. The molecule has 2 N–H and O–H groups in total. The molecule has 0 radical (unpaired) electrons. The van der Waals surface area contributed by atoms with Crippen LogP contribution in [0.1, 0.15) is 33.1 Å². The second-order valence-corrected chi connectivity index (χ2v) is 5.81. The van der Waals surface area contributed by atoms with Gasteiger partial charge in [-0.1, -0.05) is 20.3 Å². The average molecular weight is 285 g/mol. The Bertz CT molecular complexity index is 349. The molecule has 1 fully saturated rings. The minimum atomic E-state index is -0.973. The minimum Gasteiger partial charge on any atom is -0.480 e.